The molecule has 33 heavy (non-hydrogen) atoms. The van der Waals surface area contributed by atoms with E-state index in [0.717, 1.165) is 64.6 Å². The number of hydrogen-bond donors (Lipinski definition) is 1. The second kappa shape index (κ2) is 13.4. The van der Waals surface area contributed by atoms with Crippen molar-refractivity contribution < 1.29 is 14.3 Å². The molecule has 0 spiro atoms. The summed E-state index contributed by atoms with van der Waals surface area (Å²) in [5, 5.41) is 3.57. The van der Waals surface area contributed by atoms with Crippen LogP contribution in [0.15, 0.2) is 35.3 Å². The lowest BCUT2D eigenvalue weighted by molar-refractivity contribution is 0.0185. The molecule has 2 saturated heterocycles. The van der Waals surface area contributed by atoms with Gasteiger partial charge in [0, 0.05) is 45.7 Å². The van der Waals surface area contributed by atoms with E-state index in [0.29, 0.717) is 18.4 Å². The Balaban J connectivity index is 0.00000385. The molecule has 0 aliphatic carbocycles. The predicted molar refractivity (Wildman–Crippen MR) is 143 cm³/mol. The molecule has 3 rings (SSSR count). The average Bonchev–Trinajstić information content (AvgIpc) is 3.23. The van der Waals surface area contributed by atoms with Gasteiger partial charge in [0.2, 0.25) is 0 Å². The molecule has 2 aliphatic heterocycles. The fourth-order valence-corrected chi connectivity index (χ4v) is 4.29. The molecule has 1 N–H and O–H groups in total. The van der Waals surface area contributed by atoms with Crippen molar-refractivity contribution in [2.24, 2.45) is 16.8 Å². The molecule has 186 valence electrons. The first-order chi connectivity index (χ1) is 15.3. The molecule has 1 aromatic rings. The number of guanidine groups is 1. The molecule has 2 fully saturated rings. The summed E-state index contributed by atoms with van der Waals surface area (Å²) < 4.78 is 11.4. The third-order valence-corrected chi connectivity index (χ3v) is 6.08. The van der Waals surface area contributed by atoms with Gasteiger partial charge in [0.15, 0.2) is 5.96 Å². The number of piperidine rings is 1. The molecule has 1 amide bonds. The van der Waals surface area contributed by atoms with Gasteiger partial charge in [-0.05, 0) is 51.5 Å². The van der Waals surface area contributed by atoms with Crippen LogP contribution in [-0.2, 0) is 16.1 Å². The lowest BCUT2D eigenvalue weighted by Gasteiger charge is -2.34. The van der Waals surface area contributed by atoms with Crippen LogP contribution in [0.5, 0.6) is 0 Å². The van der Waals surface area contributed by atoms with E-state index < -0.39 is 5.60 Å². The van der Waals surface area contributed by atoms with Gasteiger partial charge in [-0.15, -0.1) is 24.0 Å². The molecule has 0 bridgehead atoms. The maximum absolute atomic E-state index is 12.2. The summed E-state index contributed by atoms with van der Waals surface area (Å²) >= 11 is 0. The zero-order valence-corrected chi connectivity index (χ0v) is 22.9. The zero-order valence-electron chi connectivity index (χ0n) is 20.6. The lowest BCUT2D eigenvalue weighted by Crippen LogP contribution is -2.46. The van der Waals surface area contributed by atoms with Crippen molar-refractivity contribution in [2.75, 3.05) is 46.4 Å². The Labute approximate surface area is 216 Å². The van der Waals surface area contributed by atoms with Crippen molar-refractivity contribution in [3.8, 4) is 0 Å². The average molecular weight is 573 g/mol. The number of aliphatic imine (C=N–C) groups is 1. The van der Waals surface area contributed by atoms with E-state index >= 15 is 0 Å². The van der Waals surface area contributed by atoms with Crippen LogP contribution in [0.25, 0.3) is 0 Å². The standard InChI is InChI=1S/C25H40N4O3.HI/c1-25(2,3)32-24(30)28-13-10-20(11-14-28)16-27-23(26-4)29-15-12-22(17-29)19-31-18-21-8-6-5-7-9-21;/h5-9,20,22H,10-19H2,1-4H3,(H,26,27);1H. The van der Waals surface area contributed by atoms with Crippen LogP contribution in [0, 0.1) is 11.8 Å². The Morgan fingerprint density at radius 1 is 1.06 bits per heavy atom. The SMILES string of the molecule is CN=C(NCC1CCN(C(=O)OC(C)(C)C)CC1)N1CCC(COCc2ccccc2)C1.I. The summed E-state index contributed by atoms with van der Waals surface area (Å²) in [7, 11) is 1.85. The second-order valence-electron chi connectivity index (χ2n) is 9.94. The number of nitrogens with zero attached hydrogens (tertiary/aromatic N) is 3. The van der Waals surface area contributed by atoms with Gasteiger partial charge in [0.25, 0.3) is 0 Å². The number of carbonyl (C=O) groups is 1. The molecule has 7 nitrogen and oxygen atoms in total. The summed E-state index contributed by atoms with van der Waals surface area (Å²) in [5.41, 5.74) is 0.778. The van der Waals surface area contributed by atoms with Crippen molar-refractivity contribution in [2.45, 2.75) is 52.2 Å². The molecule has 1 aromatic carbocycles. The molecule has 0 saturated carbocycles. The van der Waals surface area contributed by atoms with Crippen LogP contribution in [0.1, 0.15) is 45.6 Å². The summed E-state index contributed by atoms with van der Waals surface area (Å²) in [5.74, 6) is 2.05. The summed E-state index contributed by atoms with van der Waals surface area (Å²) in [6.45, 7) is 11.6. The van der Waals surface area contributed by atoms with Crippen LogP contribution in [0.3, 0.4) is 0 Å². The van der Waals surface area contributed by atoms with E-state index in [2.05, 4.69) is 27.3 Å². The van der Waals surface area contributed by atoms with Crippen LogP contribution < -0.4 is 5.32 Å². The van der Waals surface area contributed by atoms with Gasteiger partial charge in [-0.3, -0.25) is 4.99 Å². The molecular weight excluding hydrogens is 531 g/mol. The minimum Gasteiger partial charge on any atom is -0.444 e. The molecule has 8 heteroatoms. The Bertz CT molecular complexity index is 746. The molecule has 2 aliphatic rings. The van der Waals surface area contributed by atoms with E-state index in [4.69, 9.17) is 9.47 Å². The van der Waals surface area contributed by atoms with Gasteiger partial charge in [-0.1, -0.05) is 30.3 Å². The van der Waals surface area contributed by atoms with Gasteiger partial charge >= 0.3 is 6.09 Å². The van der Waals surface area contributed by atoms with Gasteiger partial charge in [-0.2, -0.15) is 0 Å². The van der Waals surface area contributed by atoms with E-state index in [-0.39, 0.29) is 30.1 Å². The summed E-state index contributed by atoms with van der Waals surface area (Å²) in [6.07, 6.45) is 2.90. The minimum atomic E-state index is -0.442. The quantitative estimate of drug-likeness (QED) is 0.312. The molecule has 2 heterocycles. The van der Waals surface area contributed by atoms with Gasteiger partial charge in [0.1, 0.15) is 5.60 Å². The second-order valence-corrected chi connectivity index (χ2v) is 9.94. The summed E-state index contributed by atoms with van der Waals surface area (Å²) in [6, 6.07) is 10.3. The van der Waals surface area contributed by atoms with E-state index in [1.807, 2.05) is 50.9 Å². The first-order valence-corrected chi connectivity index (χ1v) is 11.9. The van der Waals surface area contributed by atoms with Crippen LogP contribution >= 0.6 is 24.0 Å². The van der Waals surface area contributed by atoms with Crippen molar-refractivity contribution in [1.29, 1.82) is 0 Å². The maximum atomic E-state index is 12.2. The molecular formula is C25H41IN4O3. The summed E-state index contributed by atoms with van der Waals surface area (Å²) in [4.78, 5) is 20.9. The van der Waals surface area contributed by atoms with Crippen LogP contribution in [0.2, 0.25) is 0 Å². The highest BCUT2D eigenvalue weighted by Gasteiger charge is 2.28. The van der Waals surface area contributed by atoms with Crippen LogP contribution in [-0.4, -0.2) is 73.8 Å². The fourth-order valence-electron chi connectivity index (χ4n) is 4.29. The highest BCUT2D eigenvalue weighted by molar-refractivity contribution is 14.0. The molecule has 0 aromatic heterocycles. The van der Waals surface area contributed by atoms with Crippen LogP contribution in [0.4, 0.5) is 4.79 Å². The smallest absolute Gasteiger partial charge is 0.410 e. The van der Waals surface area contributed by atoms with E-state index in [1.165, 1.54) is 5.56 Å². The van der Waals surface area contributed by atoms with E-state index in [1.54, 1.807) is 0 Å². The number of halogens is 1. The predicted octanol–water partition coefficient (Wildman–Crippen LogP) is 4.37. The number of benzene rings is 1. The maximum Gasteiger partial charge on any atom is 0.410 e. The number of likely N-dealkylation sites (tertiary alicyclic amines) is 2. The number of hydrogen-bond acceptors (Lipinski definition) is 4. The minimum absolute atomic E-state index is 0. The number of rotatable bonds is 6. The first kappa shape index (κ1) is 27.7. The van der Waals surface area contributed by atoms with Gasteiger partial charge in [-0.25, -0.2) is 4.79 Å². The van der Waals surface area contributed by atoms with Crippen molar-refractivity contribution in [3.05, 3.63) is 35.9 Å². The number of amides is 1. The van der Waals surface area contributed by atoms with Crippen molar-refractivity contribution in [1.82, 2.24) is 15.1 Å². The fraction of sp³-hybridized carbons (Fsp3) is 0.680. The topological polar surface area (TPSA) is 66.4 Å². The van der Waals surface area contributed by atoms with E-state index in [9.17, 15) is 4.79 Å². The third-order valence-electron chi connectivity index (χ3n) is 6.08. The van der Waals surface area contributed by atoms with Crippen molar-refractivity contribution >= 4 is 36.0 Å². The highest BCUT2D eigenvalue weighted by Crippen LogP contribution is 2.20. The Morgan fingerprint density at radius 2 is 1.70 bits per heavy atom. The van der Waals surface area contributed by atoms with Crippen molar-refractivity contribution in [3.63, 3.8) is 0 Å². The van der Waals surface area contributed by atoms with Gasteiger partial charge < -0.3 is 24.6 Å². The normalized spacial score (nSPS) is 19.9. The first-order valence-electron chi connectivity index (χ1n) is 11.9. The third kappa shape index (κ3) is 9.31. The Hall–Kier alpha value is -1.55. The van der Waals surface area contributed by atoms with Gasteiger partial charge in [0.05, 0.1) is 13.2 Å². The molecule has 1 unspecified atom stereocenters. The molecule has 1 atom stereocenters. The highest BCUT2D eigenvalue weighted by atomic mass is 127. The number of carbonyl (C=O) groups excluding carboxylic acids is 1. The zero-order chi connectivity index (χ0) is 23.0. The monoisotopic (exact) mass is 572 g/mol. The lowest BCUT2D eigenvalue weighted by atomic mass is 9.97. The number of nitrogens with one attached hydrogen (secondary N) is 1. The number of ether oxygens (including phenoxy) is 2. The molecule has 0 radical (unpaired) electrons. The Morgan fingerprint density at radius 3 is 2.33 bits per heavy atom. The Kier molecular flexibility index (Phi) is 11.2. The largest absolute Gasteiger partial charge is 0.444 e.